The Morgan fingerprint density at radius 3 is 2.76 bits per heavy atom. The molecule has 0 radical (unpaired) electrons. The lowest BCUT2D eigenvalue weighted by Gasteiger charge is -2.10. The van der Waals surface area contributed by atoms with Crippen molar-refractivity contribution in [3.8, 4) is 0 Å². The summed E-state index contributed by atoms with van der Waals surface area (Å²) in [6, 6.07) is 4.52. The van der Waals surface area contributed by atoms with Crippen LogP contribution in [0.1, 0.15) is 30.9 Å². The second-order valence-electron chi connectivity index (χ2n) is 5.25. The first-order chi connectivity index (χ1) is 9.88. The third-order valence-corrected chi connectivity index (χ3v) is 4.45. The van der Waals surface area contributed by atoms with E-state index in [-0.39, 0.29) is 12.0 Å². The van der Waals surface area contributed by atoms with Gasteiger partial charge in [-0.2, -0.15) is 0 Å². The van der Waals surface area contributed by atoms with Gasteiger partial charge in [-0.05, 0) is 47.1 Å². The molecule has 2 rings (SSSR count). The molecule has 1 N–H and O–H groups in total. The summed E-state index contributed by atoms with van der Waals surface area (Å²) in [4.78, 5) is 19.1. The Labute approximate surface area is 141 Å². The van der Waals surface area contributed by atoms with Gasteiger partial charge in [-0.1, -0.05) is 31.5 Å². The summed E-state index contributed by atoms with van der Waals surface area (Å²) < 4.78 is 14.4. The van der Waals surface area contributed by atoms with Gasteiger partial charge < -0.3 is 4.98 Å². The Bertz CT molecular complexity index is 695. The molecule has 0 atom stereocenters. The summed E-state index contributed by atoms with van der Waals surface area (Å²) in [5.41, 5.74) is 0.902. The van der Waals surface area contributed by atoms with E-state index in [9.17, 15) is 9.18 Å². The largest absolute Gasteiger partial charge is 0.309 e. The Morgan fingerprint density at radius 2 is 2.14 bits per heavy atom. The highest BCUT2D eigenvalue weighted by Crippen LogP contribution is 2.21. The second-order valence-corrected chi connectivity index (χ2v) is 6.73. The smallest absolute Gasteiger partial charge is 0.264 e. The van der Waals surface area contributed by atoms with E-state index in [1.807, 2.05) is 22.6 Å². The van der Waals surface area contributed by atoms with E-state index in [0.29, 0.717) is 32.3 Å². The number of benzene rings is 1. The Hall–Kier alpha value is -0.950. The van der Waals surface area contributed by atoms with Crippen molar-refractivity contribution < 1.29 is 4.39 Å². The molecule has 0 fully saturated rings. The maximum Gasteiger partial charge on any atom is 0.264 e. The third-order valence-electron chi connectivity index (χ3n) is 2.99. The maximum absolute atomic E-state index is 13.8. The molecule has 0 spiro atoms. The van der Waals surface area contributed by atoms with Crippen molar-refractivity contribution in [1.82, 2.24) is 9.97 Å². The summed E-state index contributed by atoms with van der Waals surface area (Å²) in [6.45, 7) is 4.12. The minimum atomic E-state index is -0.394. The van der Waals surface area contributed by atoms with E-state index in [1.165, 1.54) is 6.07 Å². The summed E-state index contributed by atoms with van der Waals surface area (Å²) in [6.07, 6.45) is 0.878. The van der Waals surface area contributed by atoms with Gasteiger partial charge in [0.1, 0.15) is 11.6 Å². The van der Waals surface area contributed by atoms with E-state index >= 15 is 0 Å². The Morgan fingerprint density at radius 1 is 1.43 bits per heavy atom. The molecule has 0 aliphatic rings. The van der Waals surface area contributed by atoms with E-state index in [2.05, 4.69) is 23.8 Å². The zero-order valence-corrected chi connectivity index (χ0v) is 14.6. The van der Waals surface area contributed by atoms with Crippen LogP contribution in [0.5, 0.6) is 0 Å². The van der Waals surface area contributed by atoms with Crippen molar-refractivity contribution in [2.45, 2.75) is 26.7 Å². The van der Waals surface area contributed by atoms with E-state index in [4.69, 9.17) is 11.6 Å². The molecule has 3 nitrogen and oxygen atoms in total. The zero-order chi connectivity index (χ0) is 15.6. The minimum absolute atomic E-state index is 0.169. The number of halogens is 3. The Kier molecular flexibility index (Phi) is 5.37. The van der Waals surface area contributed by atoms with Gasteiger partial charge in [0.15, 0.2) is 0 Å². The fourth-order valence-corrected chi connectivity index (χ4v) is 2.74. The van der Waals surface area contributed by atoms with E-state index in [0.717, 1.165) is 5.69 Å². The van der Waals surface area contributed by atoms with Gasteiger partial charge >= 0.3 is 0 Å². The number of H-pyrrole nitrogens is 1. The highest BCUT2D eigenvalue weighted by Gasteiger charge is 2.14. The van der Waals surface area contributed by atoms with Crippen LogP contribution >= 0.6 is 34.2 Å². The average molecular weight is 421 g/mol. The van der Waals surface area contributed by atoms with Crippen LogP contribution in [0.25, 0.3) is 0 Å². The van der Waals surface area contributed by atoms with Gasteiger partial charge in [0.2, 0.25) is 0 Å². The molecule has 0 aliphatic heterocycles. The normalized spacial score (nSPS) is 11.1. The van der Waals surface area contributed by atoms with Crippen molar-refractivity contribution in [2.24, 2.45) is 5.92 Å². The van der Waals surface area contributed by atoms with Crippen LogP contribution in [0.15, 0.2) is 23.0 Å². The minimum Gasteiger partial charge on any atom is -0.309 e. The lowest BCUT2D eigenvalue weighted by atomic mass is 10.1. The number of hydrogen-bond acceptors (Lipinski definition) is 2. The van der Waals surface area contributed by atoms with Crippen LogP contribution in [0, 0.1) is 15.3 Å². The summed E-state index contributed by atoms with van der Waals surface area (Å²) in [7, 11) is 0. The van der Waals surface area contributed by atoms with Crippen molar-refractivity contribution in [2.75, 3.05) is 0 Å². The van der Waals surface area contributed by atoms with Crippen molar-refractivity contribution in [3.05, 3.63) is 60.0 Å². The monoisotopic (exact) mass is 420 g/mol. The lowest BCUT2D eigenvalue weighted by molar-refractivity contribution is 0.608. The predicted octanol–water partition coefficient (Wildman–Crippen LogP) is 3.96. The summed E-state index contributed by atoms with van der Waals surface area (Å²) >= 11 is 8.01. The molecule has 0 aliphatic carbocycles. The van der Waals surface area contributed by atoms with Crippen LogP contribution in [0.3, 0.4) is 0 Å². The fourth-order valence-electron chi connectivity index (χ4n) is 2.03. The molecule has 21 heavy (non-hydrogen) atoms. The van der Waals surface area contributed by atoms with Gasteiger partial charge in [0, 0.05) is 17.0 Å². The highest BCUT2D eigenvalue weighted by atomic mass is 127. The number of nitrogens with zero attached hydrogens (tertiary/aromatic N) is 1. The second kappa shape index (κ2) is 6.87. The topological polar surface area (TPSA) is 45.8 Å². The first kappa shape index (κ1) is 16.4. The number of hydrogen-bond donors (Lipinski definition) is 1. The quantitative estimate of drug-likeness (QED) is 0.761. The maximum atomic E-state index is 13.8. The van der Waals surface area contributed by atoms with Crippen LogP contribution < -0.4 is 5.56 Å². The molecule has 2 aromatic rings. The van der Waals surface area contributed by atoms with Crippen molar-refractivity contribution >= 4 is 34.2 Å². The molecule has 0 unspecified atom stereocenters. The summed E-state index contributed by atoms with van der Waals surface area (Å²) in [5, 5.41) is 0.335. The van der Waals surface area contributed by atoms with Crippen LogP contribution in [0.4, 0.5) is 4.39 Å². The third kappa shape index (κ3) is 4.03. The van der Waals surface area contributed by atoms with Gasteiger partial charge in [0.25, 0.3) is 5.56 Å². The molecule has 1 aromatic carbocycles. The molecule has 0 saturated carbocycles. The first-order valence-corrected chi connectivity index (χ1v) is 8.04. The molecule has 1 aromatic heterocycles. The predicted molar refractivity (Wildman–Crippen MR) is 90.3 cm³/mol. The van der Waals surface area contributed by atoms with E-state index in [1.54, 1.807) is 12.1 Å². The van der Waals surface area contributed by atoms with Crippen LogP contribution in [-0.4, -0.2) is 9.97 Å². The van der Waals surface area contributed by atoms with E-state index < -0.39 is 5.82 Å². The standard InChI is InChI=1S/C15H15ClFIN2O/c1-8(2)6-12-14(18)15(21)20-13(19-12)7-9-10(16)4-3-5-11(9)17/h3-5,8H,6-7H2,1-2H3,(H,19,20,21). The summed E-state index contributed by atoms with van der Waals surface area (Å²) in [5.74, 6) is 0.426. The molecule has 1 heterocycles. The highest BCUT2D eigenvalue weighted by molar-refractivity contribution is 14.1. The molecular weight excluding hydrogens is 406 g/mol. The first-order valence-electron chi connectivity index (χ1n) is 6.59. The van der Waals surface area contributed by atoms with Crippen molar-refractivity contribution in [3.63, 3.8) is 0 Å². The molecule has 112 valence electrons. The number of aromatic amines is 1. The lowest BCUT2D eigenvalue weighted by Crippen LogP contribution is -2.19. The van der Waals surface area contributed by atoms with Gasteiger partial charge in [-0.25, -0.2) is 9.37 Å². The molecule has 6 heteroatoms. The Balaban J connectivity index is 2.41. The number of nitrogens with one attached hydrogen (secondary N) is 1. The molecular formula is C15H15ClFIN2O. The van der Waals surface area contributed by atoms with Crippen molar-refractivity contribution in [1.29, 1.82) is 0 Å². The number of aromatic nitrogens is 2. The molecule has 0 amide bonds. The average Bonchev–Trinajstić information content (AvgIpc) is 2.39. The van der Waals surface area contributed by atoms with Crippen LogP contribution in [-0.2, 0) is 12.8 Å². The van der Waals surface area contributed by atoms with Crippen LogP contribution in [0.2, 0.25) is 5.02 Å². The molecule has 0 bridgehead atoms. The SMILES string of the molecule is CC(C)Cc1nc(Cc2c(F)cccc2Cl)[nH]c(=O)c1I. The van der Waals surface area contributed by atoms with Gasteiger partial charge in [-0.3, -0.25) is 4.79 Å². The van der Waals surface area contributed by atoms with Gasteiger partial charge in [0.05, 0.1) is 9.26 Å². The fraction of sp³-hybridized carbons (Fsp3) is 0.333. The number of rotatable bonds is 4. The van der Waals surface area contributed by atoms with Gasteiger partial charge in [-0.15, -0.1) is 0 Å². The molecule has 0 saturated heterocycles. The zero-order valence-electron chi connectivity index (χ0n) is 11.7.